The molecule has 0 aliphatic rings. The third-order valence-corrected chi connectivity index (χ3v) is 16.6. The second kappa shape index (κ2) is 96.5. The summed E-state index contributed by atoms with van der Waals surface area (Å²) in [6, 6.07) is 0. The van der Waals surface area contributed by atoms with Gasteiger partial charge in [-0.1, -0.05) is 283 Å². The molecule has 119 heavy (non-hydrogen) atoms. The smallest absolute Gasteiger partial charge is 0.306 e. The van der Waals surface area contributed by atoms with Crippen LogP contribution in [0.15, 0.2) is 0 Å². The molecule has 0 saturated heterocycles. The predicted octanol–water partition coefficient (Wildman–Crippen LogP) is 18.9. The fourth-order valence-corrected chi connectivity index (χ4v) is 10.6. The molecule has 0 N–H and O–H groups in total. The van der Waals surface area contributed by atoms with Crippen LogP contribution in [-0.2, 0) is 28.6 Å². The normalized spacial score (nSPS) is 7.93. The lowest BCUT2D eigenvalue weighted by molar-refractivity contribution is -0.167. The van der Waals surface area contributed by atoms with Crippen molar-refractivity contribution >= 4 is 17.9 Å². The average molecular weight is 1560 g/mol. The summed E-state index contributed by atoms with van der Waals surface area (Å²) in [6.07, 6.45) is 55.0. The number of unbranched alkanes of at least 4 members (excludes halogenated alkanes) is 42. The van der Waals surface area contributed by atoms with E-state index in [2.05, 4.69) is 345 Å². The van der Waals surface area contributed by atoms with Crippen LogP contribution in [0.4, 0.5) is 0 Å². The van der Waals surface area contributed by atoms with Crippen molar-refractivity contribution in [3.8, 4) is 332 Å². The Morgan fingerprint density at radius 3 is 0.521 bits per heavy atom. The lowest BCUT2D eigenvalue weighted by Gasteiger charge is -2.18. The van der Waals surface area contributed by atoms with E-state index < -0.39 is 6.10 Å². The maximum Gasteiger partial charge on any atom is 0.306 e. The van der Waals surface area contributed by atoms with Crippen LogP contribution in [0.3, 0.4) is 0 Å². The minimum absolute atomic E-state index is 0.0958. The topological polar surface area (TPSA) is 78.9 Å². The Balaban J connectivity index is 4.42. The molecule has 0 bridgehead atoms. The molecule has 0 aromatic rings. The molecule has 598 valence electrons. The molecule has 0 aliphatic heterocycles. The Bertz CT molecular complexity index is 5020. The third kappa shape index (κ3) is 94.6. The molecule has 0 amide bonds. The first-order valence-corrected chi connectivity index (χ1v) is 42.4. The monoisotopic (exact) mass is 1560 g/mol. The molecule has 0 spiro atoms. The molecular formula is C113H110O6. The van der Waals surface area contributed by atoms with Gasteiger partial charge >= 0.3 is 17.9 Å². The summed E-state index contributed by atoms with van der Waals surface area (Å²) in [6.45, 7) is 6.03. The van der Waals surface area contributed by atoms with Gasteiger partial charge in [-0.15, -0.1) is 0 Å². The van der Waals surface area contributed by atoms with Crippen molar-refractivity contribution in [1.82, 2.24) is 0 Å². The number of hydrogen-bond acceptors (Lipinski definition) is 6. The van der Waals surface area contributed by atoms with Gasteiger partial charge < -0.3 is 14.2 Å². The molecule has 0 fully saturated rings. The lowest BCUT2D eigenvalue weighted by atomic mass is 10.0. The average Bonchev–Trinajstić information content (AvgIpc) is 0.940. The van der Waals surface area contributed by atoms with Gasteiger partial charge in [-0.2, -0.15) is 0 Å². The van der Waals surface area contributed by atoms with Crippen LogP contribution < -0.4 is 0 Å². The molecule has 0 aromatic carbocycles. The van der Waals surface area contributed by atoms with Crippen LogP contribution in [0.5, 0.6) is 0 Å². The van der Waals surface area contributed by atoms with Gasteiger partial charge in [-0.25, -0.2) is 0 Å². The summed E-state index contributed by atoms with van der Waals surface area (Å²) >= 11 is 0. The van der Waals surface area contributed by atoms with Crippen LogP contribution in [-0.4, -0.2) is 37.2 Å². The molecule has 0 radical (unpaired) electrons. The van der Waals surface area contributed by atoms with E-state index in [1.165, 1.54) is 212 Å². The highest BCUT2D eigenvalue weighted by Gasteiger charge is 2.20. The number of rotatable bonds is 53. The van der Waals surface area contributed by atoms with Crippen molar-refractivity contribution in [3.63, 3.8) is 0 Å². The molecule has 6 heteroatoms. The van der Waals surface area contributed by atoms with E-state index in [-0.39, 0.29) is 31.1 Å². The Kier molecular flexibility index (Phi) is 85.2. The van der Waals surface area contributed by atoms with E-state index in [0.29, 0.717) is 19.3 Å². The van der Waals surface area contributed by atoms with Crippen LogP contribution in [0.25, 0.3) is 0 Å². The van der Waals surface area contributed by atoms with Gasteiger partial charge in [-0.05, 0) is 127 Å². The minimum Gasteiger partial charge on any atom is -0.462 e. The SMILES string of the molecule is CC#CC#CC#CC#CC#CC#CC#CC#CC#CC#CC#CC#CC#CC#CC#CC#CC#CC#CC#CC#CC#CC#CC#CC#CC#CC#CC#CC#CCCCCCCCCCCCCCCCCC(=O)OC(COC(=O)CCCCCCCCCCCCCCCCC)COC(=O)CCCCCCCCCCCCCCCCC. The zero-order valence-corrected chi connectivity index (χ0v) is 70.9. The van der Waals surface area contributed by atoms with E-state index >= 15 is 0 Å². The summed E-state index contributed by atoms with van der Waals surface area (Å²) in [5, 5.41) is 0. The van der Waals surface area contributed by atoms with Crippen LogP contribution in [0, 0.1) is 332 Å². The van der Waals surface area contributed by atoms with Gasteiger partial charge in [0.15, 0.2) is 6.10 Å². The van der Waals surface area contributed by atoms with Crippen molar-refractivity contribution < 1.29 is 28.6 Å². The lowest BCUT2D eigenvalue weighted by Crippen LogP contribution is -2.30. The number of ether oxygens (including phenoxy) is 3. The fraction of sp³-hybridized carbons (Fsp3) is 0.478. The maximum atomic E-state index is 13.0. The fourth-order valence-electron chi connectivity index (χ4n) is 10.6. The largest absolute Gasteiger partial charge is 0.462 e. The molecule has 0 rings (SSSR count). The third-order valence-electron chi connectivity index (χ3n) is 16.6. The summed E-state index contributed by atoms with van der Waals surface area (Å²) in [5.41, 5.74) is 0. The summed E-state index contributed by atoms with van der Waals surface area (Å²) in [7, 11) is 0. The van der Waals surface area contributed by atoms with Crippen LogP contribution in [0.2, 0.25) is 0 Å². The van der Waals surface area contributed by atoms with Gasteiger partial charge in [-0.3, -0.25) is 14.4 Å². The molecule has 6 nitrogen and oxygen atoms in total. The molecule has 0 heterocycles. The van der Waals surface area contributed by atoms with Crippen LogP contribution in [0.1, 0.15) is 329 Å². The zero-order chi connectivity index (χ0) is 85.4. The molecule has 0 saturated carbocycles. The van der Waals surface area contributed by atoms with Gasteiger partial charge in [0, 0.05) is 251 Å². The Morgan fingerprint density at radius 1 is 0.185 bits per heavy atom. The number of esters is 3. The molecule has 0 unspecified atom stereocenters. The summed E-state index contributed by atoms with van der Waals surface area (Å²) < 4.78 is 17.0. The van der Waals surface area contributed by atoms with Gasteiger partial charge in [0.1, 0.15) is 13.2 Å². The summed E-state index contributed by atoms with van der Waals surface area (Å²) in [5.74, 6) is 142. The standard InChI is InChI=1S/C113H110O6/c1-4-7-10-13-16-19-22-25-28-29-30-31-32-33-34-35-36-37-38-39-40-41-42-43-44-45-46-47-48-49-50-51-52-53-54-55-56-57-58-59-60-61-62-63-64-65-66-67-68-69-70-71-72-73-74-75-76-77-78-79-80-81-82-83-86-89-92-95-98-101-104-107-113(116)119-110(108-117-111(114)105-102-99-96-93-90-87-84-26-23-20-17-14-11-8-5-2)109-118-112(115)106-103-100-97-94-91-88-85-27-24-21-18-15-12-9-6-3/h110H,5-6,8-9,11-12,14-15,17-18,20-21,23-24,26-27,76-109H2,1-3H3. The van der Waals surface area contributed by atoms with E-state index in [0.717, 1.165) is 77.0 Å². The van der Waals surface area contributed by atoms with Crippen molar-refractivity contribution in [2.75, 3.05) is 13.2 Å². The number of carbonyl (C=O) groups excluding carboxylic acids is 3. The quantitative estimate of drug-likeness (QED) is 0.0261. The van der Waals surface area contributed by atoms with Crippen molar-refractivity contribution in [3.05, 3.63) is 0 Å². The van der Waals surface area contributed by atoms with E-state index in [1.54, 1.807) is 6.92 Å². The summed E-state index contributed by atoms with van der Waals surface area (Å²) in [4.78, 5) is 38.5. The highest BCUT2D eigenvalue weighted by atomic mass is 16.6. The van der Waals surface area contributed by atoms with Gasteiger partial charge in [0.2, 0.25) is 0 Å². The molecule has 0 aromatic heterocycles. The Labute approximate surface area is 721 Å². The first-order chi connectivity index (χ1) is 59.0. The second-order valence-electron chi connectivity index (χ2n) is 26.5. The van der Waals surface area contributed by atoms with Crippen molar-refractivity contribution in [2.24, 2.45) is 0 Å². The van der Waals surface area contributed by atoms with Crippen molar-refractivity contribution in [2.45, 2.75) is 335 Å². The van der Waals surface area contributed by atoms with Gasteiger partial charge in [0.25, 0.3) is 0 Å². The van der Waals surface area contributed by atoms with Gasteiger partial charge in [0.05, 0.1) is 0 Å². The predicted molar refractivity (Wildman–Crippen MR) is 488 cm³/mol. The highest BCUT2D eigenvalue weighted by molar-refractivity contribution is 5.71. The van der Waals surface area contributed by atoms with E-state index in [1.807, 2.05) is 0 Å². The van der Waals surface area contributed by atoms with Crippen LogP contribution >= 0.6 is 0 Å². The number of carbonyl (C=O) groups is 3. The van der Waals surface area contributed by atoms with E-state index in [9.17, 15) is 14.4 Å². The first kappa shape index (κ1) is 105. The molecule has 0 atom stereocenters. The minimum atomic E-state index is -0.803. The second-order valence-corrected chi connectivity index (χ2v) is 26.5. The maximum absolute atomic E-state index is 13.0. The first-order valence-electron chi connectivity index (χ1n) is 42.4. The Hall–Kier alpha value is -13.9. The molecular weight excluding hydrogens is 1450 g/mol. The molecule has 0 aliphatic carbocycles. The number of hydrogen-bond donors (Lipinski definition) is 0. The Morgan fingerprint density at radius 2 is 0.336 bits per heavy atom. The highest BCUT2D eigenvalue weighted by Crippen LogP contribution is 2.18. The zero-order valence-electron chi connectivity index (χ0n) is 70.9. The van der Waals surface area contributed by atoms with E-state index in [4.69, 9.17) is 14.2 Å². The van der Waals surface area contributed by atoms with Crippen molar-refractivity contribution in [1.29, 1.82) is 0 Å².